The first-order valence-electron chi connectivity index (χ1n) is 7.91. The quantitative estimate of drug-likeness (QED) is 0.748. The van der Waals surface area contributed by atoms with Gasteiger partial charge >= 0.3 is 0 Å². The fraction of sp³-hybridized carbons (Fsp3) is 0.556. The van der Waals surface area contributed by atoms with Crippen LogP contribution < -0.4 is 5.32 Å². The highest BCUT2D eigenvalue weighted by molar-refractivity contribution is 5.78. The summed E-state index contributed by atoms with van der Waals surface area (Å²) < 4.78 is 6.07. The molecule has 2 rings (SSSR count). The van der Waals surface area contributed by atoms with Crippen molar-refractivity contribution in [3.8, 4) is 0 Å². The lowest BCUT2D eigenvalue weighted by atomic mass is 9.93. The minimum atomic E-state index is 0.331. The van der Waals surface area contributed by atoms with Crippen LogP contribution in [0.1, 0.15) is 57.4 Å². The van der Waals surface area contributed by atoms with E-state index in [2.05, 4.69) is 57.3 Å². The normalized spacial score (nSPS) is 13.2. The number of nitrogens with one attached hydrogen (secondary N) is 1. The second kappa shape index (κ2) is 6.94. The van der Waals surface area contributed by atoms with Crippen molar-refractivity contribution < 1.29 is 4.42 Å². The molecule has 2 aromatic rings. The monoisotopic (exact) mass is 273 g/mol. The summed E-state index contributed by atoms with van der Waals surface area (Å²) in [5, 5.41) is 4.80. The van der Waals surface area contributed by atoms with Gasteiger partial charge in [-0.3, -0.25) is 0 Å². The first kappa shape index (κ1) is 15.1. The number of hydrogen-bond acceptors (Lipinski definition) is 2. The molecule has 0 aliphatic carbocycles. The van der Waals surface area contributed by atoms with E-state index in [4.69, 9.17) is 4.42 Å². The van der Waals surface area contributed by atoms with E-state index in [1.807, 2.05) is 0 Å². The fourth-order valence-electron chi connectivity index (χ4n) is 2.86. The van der Waals surface area contributed by atoms with Crippen molar-refractivity contribution in [2.45, 2.75) is 53.0 Å². The third kappa shape index (κ3) is 3.43. The van der Waals surface area contributed by atoms with Gasteiger partial charge in [0, 0.05) is 5.39 Å². The van der Waals surface area contributed by atoms with Crippen LogP contribution >= 0.6 is 0 Å². The highest BCUT2D eigenvalue weighted by atomic mass is 16.3. The zero-order valence-electron chi connectivity index (χ0n) is 13.2. The molecule has 0 spiro atoms. The van der Waals surface area contributed by atoms with E-state index >= 15 is 0 Å². The van der Waals surface area contributed by atoms with Crippen molar-refractivity contribution in [3.05, 3.63) is 35.6 Å². The Morgan fingerprint density at radius 2 is 1.85 bits per heavy atom. The topological polar surface area (TPSA) is 25.2 Å². The smallest absolute Gasteiger partial charge is 0.134 e. The highest BCUT2D eigenvalue weighted by Gasteiger charge is 2.19. The van der Waals surface area contributed by atoms with Crippen molar-refractivity contribution in [1.29, 1.82) is 0 Å². The van der Waals surface area contributed by atoms with Gasteiger partial charge in [-0.25, -0.2) is 0 Å². The third-order valence-corrected chi connectivity index (χ3v) is 4.21. The van der Waals surface area contributed by atoms with Crippen LogP contribution in [0.3, 0.4) is 0 Å². The molecule has 0 aliphatic heterocycles. The Kier molecular flexibility index (Phi) is 5.24. The van der Waals surface area contributed by atoms with E-state index in [9.17, 15) is 0 Å². The Morgan fingerprint density at radius 1 is 1.10 bits per heavy atom. The number of rotatable bonds is 7. The minimum Gasteiger partial charge on any atom is -0.459 e. The number of aryl methyl sites for hydroxylation is 1. The molecule has 20 heavy (non-hydrogen) atoms. The van der Waals surface area contributed by atoms with Gasteiger partial charge in [0.25, 0.3) is 0 Å². The van der Waals surface area contributed by atoms with E-state index in [1.54, 1.807) is 0 Å². The van der Waals surface area contributed by atoms with Gasteiger partial charge in [0.05, 0.1) is 6.04 Å². The molecule has 1 atom stereocenters. The molecule has 0 amide bonds. The lowest BCUT2D eigenvalue weighted by molar-refractivity contribution is 0.338. The van der Waals surface area contributed by atoms with Crippen LogP contribution in [0.2, 0.25) is 0 Å². The zero-order chi connectivity index (χ0) is 14.5. The molecule has 1 aromatic carbocycles. The van der Waals surface area contributed by atoms with Crippen LogP contribution in [-0.4, -0.2) is 6.54 Å². The van der Waals surface area contributed by atoms with Gasteiger partial charge in [-0.2, -0.15) is 0 Å². The molecule has 1 aromatic heterocycles. The van der Waals surface area contributed by atoms with Crippen molar-refractivity contribution >= 4 is 11.0 Å². The summed E-state index contributed by atoms with van der Waals surface area (Å²) in [7, 11) is 0. The third-order valence-electron chi connectivity index (χ3n) is 4.21. The van der Waals surface area contributed by atoms with Crippen molar-refractivity contribution in [3.63, 3.8) is 0 Å². The van der Waals surface area contributed by atoms with E-state index < -0.39 is 0 Å². The number of benzene rings is 1. The summed E-state index contributed by atoms with van der Waals surface area (Å²) in [5.74, 6) is 1.84. The Bertz CT molecular complexity index is 539. The first-order chi connectivity index (χ1) is 9.67. The molecule has 1 heterocycles. The Balaban J connectivity index is 2.26. The maximum atomic E-state index is 6.07. The van der Waals surface area contributed by atoms with E-state index in [0.717, 1.165) is 30.2 Å². The van der Waals surface area contributed by atoms with Crippen molar-refractivity contribution in [1.82, 2.24) is 5.32 Å². The fourth-order valence-corrected chi connectivity index (χ4v) is 2.86. The van der Waals surface area contributed by atoms with Gasteiger partial charge < -0.3 is 9.73 Å². The number of furan rings is 1. The summed E-state index contributed by atoms with van der Waals surface area (Å²) in [6.07, 6.45) is 3.62. The molecule has 1 unspecified atom stereocenters. The van der Waals surface area contributed by atoms with E-state index in [0.29, 0.717) is 6.04 Å². The van der Waals surface area contributed by atoms with Gasteiger partial charge in [-0.1, -0.05) is 45.2 Å². The Morgan fingerprint density at radius 3 is 2.50 bits per heavy atom. The summed E-state index contributed by atoms with van der Waals surface area (Å²) in [4.78, 5) is 0. The molecule has 1 N–H and O–H groups in total. The van der Waals surface area contributed by atoms with Gasteiger partial charge in [0.15, 0.2) is 0 Å². The summed E-state index contributed by atoms with van der Waals surface area (Å²) >= 11 is 0. The van der Waals surface area contributed by atoms with Gasteiger partial charge in [-0.05, 0) is 44.0 Å². The van der Waals surface area contributed by atoms with Crippen LogP contribution in [0.25, 0.3) is 11.0 Å². The molecular weight excluding hydrogens is 246 g/mol. The Hall–Kier alpha value is -1.28. The van der Waals surface area contributed by atoms with Crippen LogP contribution in [0.4, 0.5) is 0 Å². The number of fused-ring (bicyclic) bond motifs is 1. The summed E-state index contributed by atoms with van der Waals surface area (Å²) in [5.41, 5.74) is 2.28. The standard InChI is InChI=1S/C18H27NO/c1-5-14(6-2)11-16(19-7-3)18-12-15-10-13(4)8-9-17(15)20-18/h8-10,12,14,16,19H,5-7,11H2,1-4H3. The first-order valence-corrected chi connectivity index (χ1v) is 7.91. The van der Waals surface area contributed by atoms with Gasteiger partial charge in [0.1, 0.15) is 11.3 Å². The lowest BCUT2D eigenvalue weighted by Gasteiger charge is -2.20. The molecule has 2 heteroatoms. The molecule has 110 valence electrons. The summed E-state index contributed by atoms with van der Waals surface area (Å²) in [6, 6.07) is 8.92. The average Bonchev–Trinajstić information content (AvgIpc) is 2.86. The highest BCUT2D eigenvalue weighted by Crippen LogP contribution is 2.30. The van der Waals surface area contributed by atoms with Crippen molar-refractivity contribution in [2.75, 3.05) is 6.54 Å². The van der Waals surface area contributed by atoms with Crippen LogP contribution in [0.5, 0.6) is 0 Å². The van der Waals surface area contributed by atoms with E-state index in [1.165, 1.54) is 23.8 Å². The minimum absolute atomic E-state index is 0.331. The Labute approximate surface area is 122 Å². The number of hydrogen-bond donors (Lipinski definition) is 1. The molecule has 0 saturated carbocycles. The zero-order valence-corrected chi connectivity index (χ0v) is 13.2. The largest absolute Gasteiger partial charge is 0.459 e. The lowest BCUT2D eigenvalue weighted by Crippen LogP contribution is -2.22. The maximum absolute atomic E-state index is 6.07. The predicted octanol–water partition coefficient (Wildman–Crippen LogP) is 5.22. The second-order valence-electron chi connectivity index (χ2n) is 5.72. The molecule has 0 fully saturated rings. The van der Waals surface area contributed by atoms with Gasteiger partial charge in [-0.15, -0.1) is 0 Å². The van der Waals surface area contributed by atoms with Gasteiger partial charge in [0.2, 0.25) is 0 Å². The molecular formula is C18H27NO. The SMILES string of the molecule is CCNC(CC(CC)CC)c1cc2cc(C)ccc2o1. The second-order valence-corrected chi connectivity index (χ2v) is 5.72. The maximum Gasteiger partial charge on any atom is 0.134 e. The van der Waals surface area contributed by atoms with Crippen LogP contribution in [-0.2, 0) is 0 Å². The molecule has 0 saturated heterocycles. The van der Waals surface area contributed by atoms with Crippen LogP contribution in [0, 0.1) is 12.8 Å². The van der Waals surface area contributed by atoms with Crippen molar-refractivity contribution in [2.24, 2.45) is 5.92 Å². The molecule has 0 aliphatic rings. The average molecular weight is 273 g/mol. The molecule has 0 radical (unpaired) electrons. The van der Waals surface area contributed by atoms with Crippen LogP contribution in [0.15, 0.2) is 28.7 Å². The molecule has 2 nitrogen and oxygen atoms in total. The predicted molar refractivity (Wildman–Crippen MR) is 86.1 cm³/mol. The van der Waals surface area contributed by atoms with E-state index in [-0.39, 0.29) is 0 Å². The summed E-state index contributed by atoms with van der Waals surface area (Å²) in [6.45, 7) is 9.81. The molecule has 0 bridgehead atoms.